The van der Waals surface area contributed by atoms with Gasteiger partial charge in [0, 0.05) is 17.4 Å². The van der Waals surface area contributed by atoms with E-state index in [2.05, 4.69) is 28.2 Å². The molecule has 1 amide bonds. The third kappa shape index (κ3) is 2.56. The van der Waals surface area contributed by atoms with Crippen molar-refractivity contribution in [2.24, 2.45) is 5.92 Å². The summed E-state index contributed by atoms with van der Waals surface area (Å²) in [6.45, 7) is 3.98. The molecule has 1 aromatic rings. The molecule has 108 valence electrons. The van der Waals surface area contributed by atoms with Gasteiger partial charge in [0.2, 0.25) is 0 Å². The number of benzene rings is 1. The summed E-state index contributed by atoms with van der Waals surface area (Å²) in [7, 11) is 0. The van der Waals surface area contributed by atoms with Crippen molar-refractivity contribution in [3.8, 4) is 5.75 Å². The molecule has 0 aliphatic carbocycles. The van der Waals surface area contributed by atoms with E-state index >= 15 is 0 Å². The van der Waals surface area contributed by atoms with Gasteiger partial charge in [0.05, 0.1) is 18.2 Å². The SMILES string of the molecule is CC1OCCC1C(Br)c1ccc2c(c1)C(=O)NCCO2. The minimum atomic E-state index is -0.0604. The largest absolute Gasteiger partial charge is 0.491 e. The van der Waals surface area contributed by atoms with Crippen molar-refractivity contribution >= 4 is 21.8 Å². The molecule has 3 unspecified atom stereocenters. The lowest BCUT2D eigenvalue weighted by atomic mass is 9.92. The van der Waals surface area contributed by atoms with E-state index in [4.69, 9.17) is 9.47 Å². The van der Waals surface area contributed by atoms with Crippen LogP contribution in [0.1, 0.15) is 34.1 Å². The van der Waals surface area contributed by atoms with Gasteiger partial charge in [0.15, 0.2) is 0 Å². The van der Waals surface area contributed by atoms with E-state index in [9.17, 15) is 4.79 Å². The standard InChI is InChI=1S/C15H18BrNO3/c1-9-11(4-6-19-9)14(16)10-2-3-13-12(8-10)15(18)17-5-7-20-13/h2-3,8-9,11,14H,4-7H2,1H3,(H,17,18). The van der Waals surface area contributed by atoms with Gasteiger partial charge in [-0.2, -0.15) is 0 Å². The van der Waals surface area contributed by atoms with E-state index in [-0.39, 0.29) is 16.8 Å². The van der Waals surface area contributed by atoms with Crippen LogP contribution >= 0.6 is 15.9 Å². The molecule has 0 saturated carbocycles. The zero-order valence-corrected chi connectivity index (χ0v) is 13.0. The highest BCUT2D eigenvalue weighted by Crippen LogP contribution is 2.40. The van der Waals surface area contributed by atoms with Gasteiger partial charge in [-0.3, -0.25) is 4.79 Å². The number of nitrogens with one attached hydrogen (secondary N) is 1. The Labute approximate surface area is 127 Å². The first kappa shape index (κ1) is 13.9. The maximum Gasteiger partial charge on any atom is 0.255 e. The van der Waals surface area contributed by atoms with Gasteiger partial charge in [-0.05, 0) is 31.0 Å². The highest BCUT2D eigenvalue weighted by Gasteiger charge is 2.32. The highest BCUT2D eigenvalue weighted by atomic mass is 79.9. The zero-order chi connectivity index (χ0) is 14.1. The lowest BCUT2D eigenvalue weighted by Crippen LogP contribution is -2.24. The van der Waals surface area contributed by atoms with Crippen molar-refractivity contribution in [2.75, 3.05) is 19.8 Å². The van der Waals surface area contributed by atoms with Gasteiger partial charge < -0.3 is 14.8 Å². The monoisotopic (exact) mass is 339 g/mol. The van der Waals surface area contributed by atoms with Gasteiger partial charge in [-0.25, -0.2) is 0 Å². The molecular weight excluding hydrogens is 322 g/mol. The Morgan fingerprint density at radius 2 is 2.25 bits per heavy atom. The van der Waals surface area contributed by atoms with Crippen molar-refractivity contribution in [2.45, 2.75) is 24.3 Å². The van der Waals surface area contributed by atoms with Crippen LogP contribution in [0.15, 0.2) is 18.2 Å². The summed E-state index contributed by atoms with van der Waals surface area (Å²) in [5, 5.41) is 2.84. The van der Waals surface area contributed by atoms with E-state index in [0.29, 0.717) is 30.4 Å². The van der Waals surface area contributed by atoms with Crippen molar-refractivity contribution in [3.63, 3.8) is 0 Å². The summed E-state index contributed by atoms with van der Waals surface area (Å²) in [4.78, 5) is 12.2. The molecule has 0 spiro atoms. The van der Waals surface area contributed by atoms with Crippen molar-refractivity contribution in [1.29, 1.82) is 0 Å². The molecule has 1 fully saturated rings. The Kier molecular flexibility index (Phi) is 3.98. The first-order chi connectivity index (χ1) is 9.66. The number of hydrogen-bond donors (Lipinski definition) is 1. The van der Waals surface area contributed by atoms with Gasteiger partial charge >= 0.3 is 0 Å². The molecule has 3 rings (SSSR count). The quantitative estimate of drug-likeness (QED) is 0.842. The van der Waals surface area contributed by atoms with E-state index in [1.807, 2.05) is 18.2 Å². The predicted octanol–water partition coefficient (Wildman–Crippen LogP) is 2.67. The number of carbonyl (C=O) groups excluding carboxylic acids is 1. The summed E-state index contributed by atoms with van der Waals surface area (Å²) >= 11 is 3.77. The van der Waals surface area contributed by atoms with E-state index in [1.165, 1.54) is 0 Å². The molecule has 1 aromatic carbocycles. The molecule has 2 heterocycles. The number of alkyl halides is 1. The minimum absolute atomic E-state index is 0.0604. The smallest absolute Gasteiger partial charge is 0.255 e. The number of ether oxygens (including phenoxy) is 2. The summed E-state index contributed by atoms with van der Waals surface area (Å²) in [6.07, 6.45) is 1.28. The first-order valence-corrected chi connectivity index (χ1v) is 7.89. The highest BCUT2D eigenvalue weighted by molar-refractivity contribution is 9.09. The van der Waals surface area contributed by atoms with Gasteiger partial charge in [0.25, 0.3) is 5.91 Å². The molecule has 1 saturated heterocycles. The van der Waals surface area contributed by atoms with E-state index in [1.54, 1.807) is 0 Å². The molecule has 2 aliphatic rings. The van der Waals surface area contributed by atoms with Crippen LogP contribution in [0.25, 0.3) is 0 Å². The molecule has 5 heteroatoms. The molecule has 0 radical (unpaired) electrons. The fourth-order valence-corrected chi connectivity index (χ4v) is 3.80. The molecule has 0 bridgehead atoms. The molecule has 0 aromatic heterocycles. The molecule has 2 aliphatic heterocycles. The van der Waals surface area contributed by atoms with Crippen LogP contribution in [0.4, 0.5) is 0 Å². The van der Waals surface area contributed by atoms with Gasteiger partial charge in [-0.15, -0.1) is 0 Å². The Morgan fingerprint density at radius 1 is 1.40 bits per heavy atom. The summed E-state index contributed by atoms with van der Waals surface area (Å²) in [6, 6.07) is 5.85. The number of hydrogen-bond acceptors (Lipinski definition) is 3. The topological polar surface area (TPSA) is 47.6 Å². The Hall–Kier alpha value is -1.07. The molecule has 20 heavy (non-hydrogen) atoms. The number of amides is 1. The Balaban J connectivity index is 1.89. The normalized spacial score (nSPS) is 27.2. The minimum Gasteiger partial charge on any atom is -0.491 e. The van der Waals surface area contributed by atoms with Crippen LogP contribution in [-0.2, 0) is 4.74 Å². The third-order valence-electron chi connectivity index (χ3n) is 4.02. The zero-order valence-electron chi connectivity index (χ0n) is 11.4. The maximum absolute atomic E-state index is 12.0. The number of carbonyl (C=O) groups is 1. The lowest BCUT2D eigenvalue weighted by molar-refractivity contribution is 0.0957. The fourth-order valence-electron chi connectivity index (χ4n) is 2.82. The third-order valence-corrected chi connectivity index (χ3v) is 5.23. The van der Waals surface area contributed by atoms with E-state index < -0.39 is 0 Å². The maximum atomic E-state index is 12.0. The summed E-state index contributed by atoms with van der Waals surface area (Å²) in [5.41, 5.74) is 1.72. The Morgan fingerprint density at radius 3 is 3.00 bits per heavy atom. The van der Waals surface area contributed by atoms with Gasteiger partial charge in [-0.1, -0.05) is 22.0 Å². The molecule has 1 N–H and O–H groups in total. The van der Waals surface area contributed by atoms with Crippen molar-refractivity contribution in [1.82, 2.24) is 5.32 Å². The summed E-state index contributed by atoms with van der Waals surface area (Å²) < 4.78 is 11.2. The molecular formula is C15H18BrNO3. The number of rotatable bonds is 2. The van der Waals surface area contributed by atoms with Crippen LogP contribution in [0, 0.1) is 5.92 Å². The van der Waals surface area contributed by atoms with Crippen LogP contribution < -0.4 is 10.1 Å². The molecule has 4 nitrogen and oxygen atoms in total. The van der Waals surface area contributed by atoms with E-state index in [0.717, 1.165) is 18.6 Å². The Bertz CT molecular complexity index is 520. The fraction of sp³-hybridized carbons (Fsp3) is 0.533. The van der Waals surface area contributed by atoms with Crippen LogP contribution in [0.3, 0.4) is 0 Å². The molecule has 3 atom stereocenters. The second-order valence-corrected chi connectivity index (χ2v) is 6.28. The number of halogens is 1. The predicted molar refractivity (Wildman–Crippen MR) is 79.5 cm³/mol. The average Bonchev–Trinajstić information content (AvgIpc) is 2.79. The van der Waals surface area contributed by atoms with Crippen LogP contribution in [-0.4, -0.2) is 31.8 Å². The van der Waals surface area contributed by atoms with Crippen molar-refractivity contribution < 1.29 is 14.3 Å². The van der Waals surface area contributed by atoms with Gasteiger partial charge in [0.1, 0.15) is 12.4 Å². The second-order valence-electron chi connectivity index (χ2n) is 5.29. The first-order valence-electron chi connectivity index (χ1n) is 6.97. The lowest BCUT2D eigenvalue weighted by Gasteiger charge is -2.21. The summed E-state index contributed by atoms with van der Waals surface area (Å²) in [5.74, 6) is 1.04. The number of fused-ring (bicyclic) bond motifs is 1. The average molecular weight is 340 g/mol. The van der Waals surface area contributed by atoms with Crippen LogP contribution in [0.5, 0.6) is 5.75 Å². The van der Waals surface area contributed by atoms with Crippen LogP contribution in [0.2, 0.25) is 0 Å². The van der Waals surface area contributed by atoms with Crippen molar-refractivity contribution in [3.05, 3.63) is 29.3 Å². The second kappa shape index (κ2) is 5.74.